The van der Waals surface area contributed by atoms with E-state index in [1.54, 1.807) is 18.3 Å². The molecule has 1 N–H and O–H groups in total. The lowest BCUT2D eigenvalue weighted by atomic mass is 9.92. The molecule has 4 rings (SSSR count). The van der Waals surface area contributed by atoms with E-state index in [9.17, 15) is 9.59 Å². The average Bonchev–Trinajstić information content (AvgIpc) is 2.98. The number of thiazole rings is 1. The summed E-state index contributed by atoms with van der Waals surface area (Å²) < 4.78 is 0. The van der Waals surface area contributed by atoms with Gasteiger partial charge in [-0.3, -0.25) is 14.9 Å². The van der Waals surface area contributed by atoms with Crippen LogP contribution in [0.4, 0.5) is 0 Å². The highest BCUT2D eigenvalue weighted by Gasteiger charge is 2.25. The summed E-state index contributed by atoms with van der Waals surface area (Å²) >= 11 is 1.53. The first-order valence-electron chi connectivity index (χ1n) is 6.07. The molecule has 0 aliphatic carbocycles. The van der Waals surface area contributed by atoms with Gasteiger partial charge in [0.05, 0.1) is 0 Å². The Morgan fingerprint density at radius 2 is 1.70 bits per heavy atom. The lowest BCUT2D eigenvalue weighted by molar-refractivity contribution is 0.0845. The van der Waals surface area contributed by atoms with Crippen LogP contribution in [0.15, 0.2) is 41.9 Å². The summed E-state index contributed by atoms with van der Waals surface area (Å²) in [5.41, 5.74) is 2.02. The molecule has 0 saturated heterocycles. The van der Waals surface area contributed by atoms with E-state index in [1.165, 1.54) is 11.3 Å². The van der Waals surface area contributed by atoms with Gasteiger partial charge in [0.2, 0.25) is 0 Å². The van der Waals surface area contributed by atoms with Gasteiger partial charge < -0.3 is 0 Å². The van der Waals surface area contributed by atoms with Crippen LogP contribution in [0.25, 0.3) is 21.3 Å². The Labute approximate surface area is 118 Å². The van der Waals surface area contributed by atoms with E-state index in [1.807, 2.05) is 23.6 Å². The molecule has 0 spiro atoms. The Bertz CT molecular complexity index is 849. The molecular weight excluding hydrogens is 272 g/mol. The van der Waals surface area contributed by atoms with Crippen molar-refractivity contribution >= 4 is 33.9 Å². The van der Waals surface area contributed by atoms with Gasteiger partial charge in [-0.25, -0.2) is 4.98 Å². The fourth-order valence-electron chi connectivity index (χ4n) is 2.57. The van der Waals surface area contributed by atoms with Gasteiger partial charge in [0, 0.05) is 33.7 Å². The predicted molar refractivity (Wildman–Crippen MR) is 76.9 cm³/mol. The van der Waals surface area contributed by atoms with Crippen molar-refractivity contribution in [2.24, 2.45) is 0 Å². The van der Waals surface area contributed by atoms with Crippen LogP contribution in [0, 0.1) is 0 Å². The number of hydrogen-bond donors (Lipinski definition) is 1. The van der Waals surface area contributed by atoms with Crippen LogP contribution in [0.1, 0.15) is 20.7 Å². The number of rotatable bonds is 1. The SMILES string of the molecule is O=C1NC(=O)c2ccc(-c3nccs3)c3cccc1c23. The van der Waals surface area contributed by atoms with Crippen LogP contribution in [-0.4, -0.2) is 16.8 Å². The van der Waals surface area contributed by atoms with Gasteiger partial charge in [-0.2, -0.15) is 0 Å². The Morgan fingerprint density at radius 1 is 0.950 bits per heavy atom. The summed E-state index contributed by atoms with van der Waals surface area (Å²) in [7, 11) is 0. The minimum Gasteiger partial charge on any atom is -0.288 e. The second-order valence-electron chi connectivity index (χ2n) is 4.51. The summed E-state index contributed by atoms with van der Waals surface area (Å²) in [4.78, 5) is 28.2. The van der Waals surface area contributed by atoms with E-state index in [0.29, 0.717) is 16.5 Å². The minimum absolute atomic E-state index is 0.343. The van der Waals surface area contributed by atoms with Gasteiger partial charge in [0.1, 0.15) is 5.01 Å². The first-order valence-corrected chi connectivity index (χ1v) is 6.95. The normalized spacial score (nSPS) is 13.6. The Hall–Kier alpha value is -2.53. The maximum Gasteiger partial charge on any atom is 0.258 e. The monoisotopic (exact) mass is 280 g/mol. The topological polar surface area (TPSA) is 59.1 Å². The van der Waals surface area contributed by atoms with Gasteiger partial charge in [-0.05, 0) is 17.5 Å². The smallest absolute Gasteiger partial charge is 0.258 e. The number of benzene rings is 2. The molecule has 1 aliphatic heterocycles. The largest absolute Gasteiger partial charge is 0.288 e. The number of aromatic nitrogens is 1. The number of nitrogens with zero attached hydrogens (tertiary/aromatic N) is 1. The van der Waals surface area contributed by atoms with Gasteiger partial charge in [-0.1, -0.05) is 18.2 Å². The van der Waals surface area contributed by atoms with Crippen molar-refractivity contribution in [2.45, 2.75) is 0 Å². The zero-order valence-electron chi connectivity index (χ0n) is 10.2. The number of nitrogens with one attached hydrogen (secondary N) is 1. The van der Waals surface area contributed by atoms with Gasteiger partial charge >= 0.3 is 0 Å². The number of amides is 2. The van der Waals surface area contributed by atoms with Crippen molar-refractivity contribution in [2.75, 3.05) is 0 Å². The molecule has 2 heterocycles. The lowest BCUT2D eigenvalue weighted by Gasteiger charge is -2.17. The van der Waals surface area contributed by atoms with Crippen molar-refractivity contribution < 1.29 is 9.59 Å². The number of imide groups is 1. The molecule has 0 fully saturated rings. The first kappa shape index (κ1) is 11.3. The molecule has 5 heteroatoms. The molecule has 4 nitrogen and oxygen atoms in total. The van der Waals surface area contributed by atoms with Crippen LogP contribution in [-0.2, 0) is 0 Å². The number of carbonyl (C=O) groups excluding carboxylic acids is 2. The third-order valence-corrected chi connectivity index (χ3v) is 4.23. The van der Waals surface area contributed by atoms with E-state index < -0.39 is 0 Å². The van der Waals surface area contributed by atoms with Crippen molar-refractivity contribution in [3.05, 3.63) is 53.0 Å². The maximum absolute atomic E-state index is 11.9. The fraction of sp³-hybridized carbons (Fsp3) is 0. The number of hydrogen-bond acceptors (Lipinski definition) is 4. The first-order chi connectivity index (χ1) is 9.75. The highest BCUT2D eigenvalue weighted by molar-refractivity contribution is 7.13. The van der Waals surface area contributed by atoms with Gasteiger partial charge in [0.25, 0.3) is 11.8 Å². The zero-order chi connectivity index (χ0) is 13.7. The Balaban J connectivity index is 2.16. The van der Waals surface area contributed by atoms with Gasteiger partial charge in [0.15, 0.2) is 0 Å². The van der Waals surface area contributed by atoms with Gasteiger partial charge in [-0.15, -0.1) is 11.3 Å². The third-order valence-electron chi connectivity index (χ3n) is 3.42. The number of carbonyl (C=O) groups is 2. The van der Waals surface area contributed by atoms with Crippen LogP contribution in [0.5, 0.6) is 0 Å². The summed E-state index contributed by atoms with van der Waals surface area (Å²) in [5.74, 6) is -0.686. The quantitative estimate of drug-likeness (QED) is 0.697. The van der Waals surface area contributed by atoms with E-state index in [2.05, 4.69) is 10.3 Å². The molecule has 20 heavy (non-hydrogen) atoms. The zero-order valence-corrected chi connectivity index (χ0v) is 11.0. The molecule has 1 aromatic heterocycles. The van der Waals surface area contributed by atoms with Crippen LogP contribution in [0.3, 0.4) is 0 Å². The Kier molecular flexibility index (Phi) is 2.25. The molecule has 3 aromatic rings. The second kappa shape index (κ2) is 3.98. The van der Waals surface area contributed by atoms with E-state index >= 15 is 0 Å². The highest BCUT2D eigenvalue weighted by Crippen LogP contribution is 2.35. The standard InChI is InChI=1S/C15H8N2O2S/c18-13-10-3-1-2-8-9(15-16-6-7-20-15)4-5-11(12(8)10)14(19)17-13/h1-7H,(H,17,18,19). The summed E-state index contributed by atoms with van der Waals surface area (Å²) in [6.45, 7) is 0. The van der Waals surface area contributed by atoms with Crippen molar-refractivity contribution in [3.63, 3.8) is 0 Å². The lowest BCUT2D eigenvalue weighted by Crippen LogP contribution is -2.34. The summed E-state index contributed by atoms with van der Waals surface area (Å²) in [6.07, 6.45) is 1.74. The molecule has 0 saturated carbocycles. The predicted octanol–water partition coefficient (Wildman–Crippen LogP) is 2.85. The van der Waals surface area contributed by atoms with E-state index in [4.69, 9.17) is 0 Å². The van der Waals surface area contributed by atoms with Crippen LogP contribution < -0.4 is 5.32 Å². The maximum atomic E-state index is 11.9. The van der Waals surface area contributed by atoms with Crippen molar-refractivity contribution in [1.82, 2.24) is 10.3 Å². The second-order valence-corrected chi connectivity index (χ2v) is 5.40. The summed E-state index contributed by atoms with van der Waals surface area (Å²) in [6, 6.07) is 9.12. The minimum atomic E-state index is -0.343. The molecule has 0 atom stereocenters. The molecule has 1 aliphatic rings. The molecule has 2 aromatic carbocycles. The molecular formula is C15H8N2O2S. The van der Waals surface area contributed by atoms with Crippen molar-refractivity contribution in [1.29, 1.82) is 0 Å². The van der Waals surface area contributed by atoms with Crippen LogP contribution >= 0.6 is 11.3 Å². The molecule has 0 bridgehead atoms. The van der Waals surface area contributed by atoms with Crippen molar-refractivity contribution in [3.8, 4) is 10.6 Å². The molecule has 0 radical (unpaired) electrons. The molecule has 96 valence electrons. The summed E-state index contributed by atoms with van der Waals surface area (Å²) in [5, 5.41) is 6.75. The van der Waals surface area contributed by atoms with E-state index in [0.717, 1.165) is 16.0 Å². The molecule has 0 unspecified atom stereocenters. The third kappa shape index (κ3) is 1.44. The van der Waals surface area contributed by atoms with Crippen LogP contribution in [0.2, 0.25) is 0 Å². The van der Waals surface area contributed by atoms with E-state index in [-0.39, 0.29) is 11.8 Å². The fourth-order valence-corrected chi connectivity index (χ4v) is 3.24. The molecule has 2 amide bonds. The average molecular weight is 280 g/mol. The highest BCUT2D eigenvalue weighted by atomic mass is 32.1. The Morgan fingerprint density at radius 3 is 2.45 bits per heavy atom.